The van der Waals surface area contributed by atoms with Crippen molar-refractivity contribution in [3.63, 3.8) is 0 Å². The molecule has 1 N–H and O–H groups in total. The van der Waals surface area contributed by atoms with Crippen LogP contribution in [0.3, 0.4) is 0 Å². The van der Waals surface area contributed by atoms with E-state index in [9.17, 15) is 18.0 Å². The Kier molecular flexibility index (Phi) is 10.3. The predicted molar refractivity (Wildman–Crippen MR) is 152 cm³/mol. The number of nitrogens with one attached hydrogen (secondary N) is 1. The Bertz CT molecular complexity index is 1310. The Balaban J connectivity index is 1.99. The van der Waals surface area contributed by atoms with Gasteiger partial charge in [0.2, 0.25) is 11.8 Å². The zero-order valence-electron chi connectivity index (χ0n) is 21.9. The fourth-order valence-corrected chi connectivity index (χ4v) is 5.70. The second-order valence-corrected chi connectivity index (χ2v) is 11.2. The molecule has 0 heterocycles. The van der Waals surface area contributed by atoms with Crippen LogP contribution in [0.1, 0.15) is 31.4 Å². The summed E-state index contributed by atoms with van der Waals surface area (Å²) in [7, 11) is -4.12. The SMILES string of the molecule is CCNC(=O)C(CC)N(CCc1ccccc1)C(=O)CN(c1ccc(C)cc1)S(=O)(=O)c1ccc(Cl)cc1. The Labute approximate surface area is 230 Å². The average Bonchev–Trinajstić information content (AvgIpc) is 2.91. The number of hydrogen-bond acceptors (Lipinski definition) is 4. The Morgan fingerprint density at radius 1 is 0.921 bits per heavy atom. The van der Waals surface area contributed by atoms with Crippen molar-refractivity contribution in [2.75, 3.05) is 23.9 Å². The molecule has 0 aliphatic rings. The first kappa shape index (κ1) is 29.2. The summed E-state index contributed by atoms with van der Waals surface area (Å²) in [6, 6.07) is 21.7. The molecule has 1 unspecified atom stereocenters. The summed E-state index contributed by atoms with van der Waals surface area (Å²) < 4.78 is 28.6. The second kappa shape index (κ2) is 13.4. The fraction of sp³-hybridized carbons (Fsp3) is 0.310. The van der Waals surface area contributed by atoms with Gasteiger partial charge in [-0.15, -0.1) is 0 Å². The van der Waals surface area contributed by atoms with E-state index in [1.807, 2.05) is 51.1 Å². The van der Waals surface area contributed by atoms with E-state index >= 15 is 0 Å². The number of aryl methyl sites for hydroxylation is 1. The van der Waals surface area contributed by atoms with E-state index in [-0.39, 0.29) is 17.3 Å². The van der Waals surface area contributed by atoms with Crippen LogP contribution in [0.25, 0.3) is 0 Å². The maximum Gasteiger partial charge on any atom is 0.264 e. The van der Waals surface area contributed by atoms with Gasteiger partial charge >= 0.3 is 0 Å². The number of halogens is 1. The number of carbonyl (C=O) groups excluding carboxylic acids is 2. The maximum absolute atomic E-state index is 13.9. The average molecular weight is 556 g/mol. The maximum atomic E-state index is 13.9. The molecule has 3 aromatic carbocycles. The van der Waals surface area contributed by atoms with E-state index in [4.69, 9.17) is 11.6 Å². The topological polar surface area (TPSA) is 86.8 Å². The lowest BCUT2D eigenvalue weighted by Crippen LogP contribution is -2.53. The van der Waals surface area contributed by atoms with Crippen LogP contribution in [0.15, 0.2) is 83.8 Å². The van der Waals surface area contributed by atoms with Crippen LogP contribution in [0, 0.1) is 6.92 Å². The van der Waals surface area contributed by atoms with Crippen molar-refractivity contribution in [3.05, 3.63) is 95.0 Å². The van der Waals surface area contributed by atoms with Gasteiger partial charge in [-0.3, -0.25) is 13.9 Å². The van der Waals surface area contributed by atoms with Gasteiger partial charge in [0.15, 0.2) is 0 Å². The fourth-order valence-electron chi connectivity index (χ4n) is 4.16. The lowest BCUT2D eigenvalue weighted by atomic mass is 10.1. The highest BCUT2D eigenvalue weighted by molar-refractivity contribution is 7.92. The number of carbonyl (C=O) groups is 2. The van der Waals surface area contributed by atoms with Crippen LogP contribution in [0.4, 0.5) is 5.69 Å². The molecule has 0 radical (unpaired) electrons. The molecule has 9 heteroatoms. The lowest BCUT2D eigenvalue weighted by Gasteiger charge is -2.33. The van der Waals surface area contributed by atoms with Crippen molar-refractivity contribution in [3.8, 4) is 0 Å². The highest BCUT2D eigenvalue weighted by Crippen LogP contribution is 2.26. The number of amides is 2. The first-order chi connectivity index (χ1) is 18.2. The molecular weight excluding hydrogens is 522 g/mol. The molecule has 0 spiro atoms. The second-order valence-electron chi connectivity index (χ2n) is 8.94. The van der Waals surface area contributed by atoms with Crippen molar-refractivity contribution in [2.24, 2.45) is 0 Å². The highest BCUT2D eigenvalue weighted by atomic mass is 35.5. The summed E-state index contributed by atoms with van der Waals surface area (Å²) in [6.45, 7) is 5.79. The van der Waals surface area contributed by atoms with Crippen molar-refractivity contribution in [2.45, 2.75) is 44.6 Å². The van der Waals surface area contributed by atoms with E-state index in [1.54, 1.807) is 24.3 Å². The number of anilines is 1. The van der Waals surface area contributed by atoms with E-state index in [1.165, 1.54) is 29.2 Å². The zero-order valence-corrected chi connectivity index (χ0v) is 23.5. The van der Waals surface area contributed by atoms with E-state index in [0.29, 0.717) is 30.1 Å². The normalized spacial score (nSPS) is 12.0. The number of nitrogens with zero attached hydrogens (tertiary/aromatic N) is 2. The van der Waals surface area contributed by atoms with Gasteiger partial charge in [0, 0.05) is 18.1 Å². The lowest BCUT2D eigenvalue weighted by molar-refractivity contribution is -0.139. The molecule has 0 saturated carbocycles. The Hall–Kier alpha value is -3.36. The third kappa shape index (κ3) is 7.36. The van der Waals surface area contributed by atoms with Gasteiger partial charge < -0.3 is 10.2 Å². The number of likely N-dealkylation sites (N-methyl/N-ethyl adjacent to an activating group) is 1. The molecule has 7 nitrogen and oxygen atoms in total. The predicted octanol–water partition coefficient (Wildman–Crippen LogP) is 4.83. The molecule has 202 valence electrons. The largest absolute Gasteiger partial charge is 0.355 e. The minimum atomic E-state index is -4.12. The standard InChI is InChI=1S/C29H34ClN3O4S/c1-4-27(29(35)31-5-2)32(20-19-23-9-7-6-8-10-23)28(34)21-33(25-15-11-22(3)12-16-25)38(36,37)26-17-13-24(30)14-18-26/h6-18,27H,4-5,19-21H2,1-3H3,(H,31,35). The summed E-state index contributed by atoms with van der Waals surface area (Å²) in [5.41, 5.74) is 2.32. The minimum Gasteiger partial charge on any atom is -0.355 e. The van der Waals surface area contributed by atoms with E-state index in [0.717, 1.165) is 15.4 Å². The molecule has 0 fully saturated rings. The van der Waals surface area contributed by atoms with Gasteiger partial charge in [0.25, 0.3) is 10.0 Å². The van der Waals surface area contributed by atoms with Crippen LogP contribution in [0.2, 0.25) is 5.02 Å². The highest BCUT2D eigenvalue weighted by Gasteiger charge is 2.33. The summed E-state index contributed by atoms with van der Waals surface area (Å²) in [5.74, 6) is -0.726. The van der Waals surface area contributed by atoms with Crippen LogP contribution in [-0.2, 0) is 26.0 Å². The third-order valence-electron chi connectivity index (χ3n) is 6.22. The van der Waals surface area contributed by atoms with Crippen LogP contribution in [-0.4, -0.2) is 50.8 Å². The van der Waals surface area contributed by atoms with E-state index in [2.05, 4.69) is 5.32 Å². The van der Waals surface area contributed by atoms with Crippen LogP contribution in [0.5, 0.6) is 0 Å². The quantitative estimate of drug-likeness (QED) is 0.347. The molecule has 1 atom stereocenters. The molecule has 0 bridgehead atoms. The summed E-state index contributed by atoms with van der Waals surface area (Å²) in [5, 5.41) is 3.21. The minimum absolute atomic E-state index is 0.0156. The van der Waals surface area contributed by atoms with Gasteiger partial charge in [-0.25, -0.2) is 8.42 Å². The van der Waals surface area contributed by atoms with Crippen molar-refractivity contribution in [1.82, 2.24) is 10.2 Å². The number of sulfonamides is 1. The number of hydrogen-bond donors (Lipinski definition) is 1. The van der Waals surface area contributed by atoms with Gasteiger partial charge in [-0.05, 0) is 68.7 Å². The summed E-state index contributed by atoms with van der Waals surface area (Å²) >= 11 is 5.99. The Morgan fingerprint density at radius 2 is 1.55 bits per heavy atom. The van der Waals surface area contributed by atoms with Crippen molar-refractivity contribution >= 4 is 39.1 Å². The molecule has 38 heavy (non-hydrogen) atoms. The van der Waals surface area contributed by atoms with Gasteiger partial charge in [-0.1, -0.05) is 66.6 Å². The molecule has 0 aliphatic carbocycles. The van der Waals surface area contributed by atoms with Crippen molar-refractivity contribution < 1.29 is 18.0 Å². The summed E-state index contributed by atoms with van der Waals surface area (Å²) in [4.78, 5) is 28.3. The van der Waals surface area contributed by atoms with E-state index < -0.39 is 28.5 Å². The monoisotopic (exact) mass is 555 g/mol. The van der Waals surface area contributed by atoms with Gasteiger partial charge in [-0.2, -0.15) is 0 Å². The number of benzene rings is 3. The van der Waals surface area contributed by atoms with Gasteiger partial charge in [0.1, 0.15) is 12.6 Å². The van der Waals surface area contributed by atoms with Crippen LogP contribution < -0.4 is 9.62 Å². The molecule has 0 aliphatic heterocycles. The first-order valence-electron chi connectivity index (χ1n) is 12.6. The molecule has 0 saturated heterocycles. The third-order valence-corrected chi connectivity index (χ3v) is 8.26. The van der Waals surface area contributed by atoms with Gasteiger partial charge in [0.05, 0.1) is 10.6 Å². The molecule has 0 aromatic heterocycles. The van der Waals surface area contributed by atoms with Crippen LogP contribution >= 0.6 is 11.6 Å². The molecule has 3 aromatic rings. The molecular formula is C29H34ClN3O4S. The number of rotatable bonds is 12. The molecule has 3 rings (SSSR count). The zero-order chi connectivity index (χ0) is 27.7. The van der Waals surface area contributed by atoms with Crippen molar-refractivity contribution in [1.29, 1.82) is 0 Å². The molecule has 2 amide bonds. The summed E-state index contributed by atoms with van der Waals surface area (Å²) in [6.07, 6.45) is 0.914. The first-order valence-corrected chi connectivity index (χ1v) is 14.4. The Morgan fingerprint density at radius 3 is 2.13 bits per heavy atom. The smallest absolute Gasteiger partial charge is 0.264 e.